The number of pyridine rings is 1. The normalized spacial score (nSPS) is 10.8. The van der Waals surface area contributed by atoms with Gasteiger partial charge in [-0.3, -0.25) is 0 Å². The number of rotatable bonds is 8. The highest BCUT2D eigenvalue weighted by atomic mass is 14.9. The van der Waals surface area contributed by atoms with Gasteiger partial charge in [-0.15, -0.1) is 0 Å². The molecule has 3 heteroatoms. The van der Waals surface area contributed by atoms with Crippen LogP contribution in [-0.4, -0.2) is 6.54 Å². The third-order valence-corrected chi connectivity index (χ3v) is 3.77. The first-order valence-corrected chi connectivity index (χ1v) is 8.19. The average Bonchev–Trinajstić information content (AvgIpc) is 2.61. The van der Waals surface area contributed by atoms with Gasteiger partial charge in [0.15, 0.2) is 12.4 Å². The van der Waals surface area contributed by atoms with E-state index >= 15 is 0 Å². The topological polar surface area (TPSA) is 53.7 Å². The lowest BCUT2D eigenvalue weighted by molar-refractivity contribution is -0.697. The lowest BCUT2D eigenvalue weighted by Crippen LogP contribution is -2.32. The first-order chi connectivity index (χ1) is 11.3. The summed E-state index contributed by atoms with van der Waals surface area (Å²) in [7, 11) is 0. The molecule has 2 N–H and O–H groups in total. The molecule has 3 nitrogen and oxygen atoms in total. The van der Waals surface area contributed by atoms with E-state index in [1.165, 1.54) is 19.3 Å². The predicted molar refractivity (Wildman–Crippen MR) is 94.2 cm³/mol. The number of aryl methyl sites for hydroxylation is 1. The third-order valence-electron chi connectivity index (χ3n) is 3.77. The smallest absolute Gasteiger partial charge is 0.169 e. The summed E-state index contributed by atoms with van der Waals surface area (Å²) in [6, 6.07) is 14.0. The van der Waals surface area contributed by atoms with Gasteiger partial charge in [0.1, 0.15) is 6.54 Å². The number of benzene rings is 1. The summed E-state index contributed by atoms with van der Waals surface area (Å²) in [5, 5.41) is 8.91. The molecule has 2 rings (SSSR count). The number of hydrogen-bond acceptors (Lipinski definition) is 2. The van der Waals surface area contributed by atoms with Crippen molar-refractivity contribution >= 4 is 12.2 Å². The first-order valence-electron chi connectivity index (χ1n) is 8.19. The minimum Gasteiger partial charge on any atom is -0.330 e. The van der Waals surface area contributed by atoms with E-state index in [1.807, 2.05) is 30.3 Å². The number of nitrogens with two attached hydrogens (primary N) is 1. The minimum atomic E-state index is 0.688. The van der Waals surface area contributed by atoms with E-state index in [0.717, 1.165) is 30.6 Å². The van der Waals surface area contributed by atoms with Crippen LogP contribution in [0, 0.1) is 11.3 Å². The van der Waals surface area contributed by atoms with Gasteiger partial charge in [-0.05, 0) is 42.6 Å². The van der Waals surface area contributed by atoms with Gasteiger partial charge in [-0.1, -0.05) is 30.7 Å². The quantitative estimate of drug-likeness (QED) is 0.599. The van der Waals surface area contributed by atoms with Crippen molar-refractivity contribution < 1.29 is 4.57 Å². The van der Waals surface area contributed by atoms with Crippen molar-refractivity contribution in [2.45, 2.75) is 32.2 Å². The summed E-state index contributed by atoms with van der Waals surface area (Å²) in [6.45, 7) is 1.85. The zero-order chi connectivity index (χ0) is 16.3. The fourth-order valence-electron chi connectivity index (χ4n) is 2.43. The molecule has 1 heterocycles. The van der Waals surface area contributed by atoms with Crippen molar-refractivity contribution in [3.8, 4) is 6.07 Å². The fourth-order valence-corrected chi connectivity index (χ4v) is 2.43. The molecule has 0 atom stereocenters. The van der Waals surface area contributed by atoms with Crippen LogP contribution >= 0.6 is 0 Å². The van der Waals surface area contributed by atoms with Crippen LogP contribution in [0.2, 0.25) is 0 Å². The lowest BCUT2D eigenvalue weighted by Gasteiger charge is -1.99. The summed E-state index contributed by atoms with van der Waals surface area (Å²) >= 11 is 0. The highest BCUT2D eigenvalue weighted by Crippen LogP contribution is 2.09. The van der Waals surface area contributed by atoms with Crippen molar-refractivity contribution in [2.24, 2.45) is 5.73 Å². The van der Waals surface area contributed by atoms with Gasteiger partial charge >= 0.3 is 0 Å². The molecule has 0 saturated heterocycles. The van der Waals surface area contributed by atoms with Crippen LogP contribution in [0.3, 0.4) is 0 Å². The van der Waals surface area contributed by atoms with Crippen molar-refractivity contribution in [2.75, 3.05) is 6.54 Å². The monoisotopic (exact) mass is 306 g/mol. The van der Waals surface area contributed by atoms with Crippen LogP contribution in [0.5, 0.6) is 0 Å². The Hall–Kier alpha value is -2.44. The Kier molecular flexibility index (Phi) is 7.03. The Morgan fingerprint density at radius 3 is 2.43 bits per heavy atom. The molecule has 0 radical (unpaired) electrons. The molecule has 0 bridgehead atoms. The van der Waals surface area contributed by atoms with Crippen LogP contribution in [-0.2, 0) is 6.54 Å². The standard InChI is InChI=1S/C20H24N3/c21-12-3-1-2-4-13-23-14-10-18(11-15-23)8-9-19-6-5-7-20(16-19)17-22/h5-11,14-16H,1-4,12-13,21H2/q+1/b9-8+. The maximum Gasteiger partial charge on any atom is 0.169 e. The summed E-state index contributed by atoms with van der Waals surface area (Å²) < 4.78 is 2.22. The largest absolute Gasteiger partial charge is 0.330 e. The van der Waals surface area contributed by atoms with Gasteiger partial charge in [0.05, 0.1) is 11.6 Å². The molecule has 1 aromatic heterocycles. The van der Waals surface area contributed by atoms with Crippen LogP contribution in [0.25, 0.3) is 12.2 Å². The molecule has 2 aromatic rings. The lowest BCUT2D eigenvalue weighted by atomic mass is 10.1. The highest BCUT2D eigenvalue weighted by Gasteiger charge is 1.99. The van der Waals surface area contributed by atoms with E-state index in [-0.39, 0.29) is 0 Å². The molecule has 0 amide bonds. The van der Waals surface area contributed by atoms with Crippen molar-refractivity contribution in [1.29, 1.82) is 5.26 Å². The summed E-state index contributed by atoms with van der Waals surface area (Å²) in [6.07, 6.45) is 13.1. The van der Waals surface area contributed by atoms with E-state index < -0.39 is 0 Å². The number of nitrogens with zero attached hydrogens (tertiary/aromatic N) is 2. The average molecular weight is 306 g/mol. The molecule has 0 aliphatic heterocycles. The second kappa shape index (κ2) is 9.55. The Morgan fingerprint density at radius 1 is 0.957 bits per heavy atom. The molecular weight excluding hydrogens is 282 g/mol. The molecule has 0 saturated carbocycles. The van der Waals surface area contributed by atoms with Crippen LogP contribution in [0.15, 0.2) is 48.8 Å². The Balaban J connectivity index is 1.87. The zero-order valence-electron chi connectivity index (χ0n) is 13.5. The van der Waals surface area contributed by atoms with E-state index in [2.05, 4.69) is 41.2 Å². The number of hydrogen-bond donors (Lipinski definition) is 1. The molecule has 118 valence electrons. The Labute approximate surface area is 138 Å². The van der Waals surface area contributed by atoms with Crippen molar-refractivity contribution in [1.82, 2.24) is 0 Å². The van der Waals surface area contributed by atoms with Gasteiger partial charge < -0.3 is 5.73 Å². The molecule has 0 fully saturated rings. The van der Waals surface area contributed by atoms with Gasteiger partial charge in [-0.2, -0.15) is 5.26 Å². The zero-order valence-corrected chi connectivity index (χ0v) is 13.5. The van der Waals surface area contributed by atoms with E-state index in [9.17, 15) is 0 Å². The van der Waals surface area contributed by atoms with Gasteiger partial charge in [0, 0.05) is 18.6 Å². The van der Waals surface area contributed by atoms with Crippen LogP contribution in [0.1, 0.15) is 42.4 Å². The third kappa shape index (κ3) is 6.06. The molecule has 0 aliphatic rings. The van der Waals surface area contributed by atoms with Crippen LogP contribution in [0.4, 0.5) is 0 Å². The molecule has 0 spiro atoms. The second-order valence-electron chi connectivity index (χ2n) is 5.64. The summed E-state index contributed by atoms with van der Waals surface area (Å²) in [5.41, 5.74) is 8.39. The molecule has 23 heavy (non-hydrogen) atoms. The first kappa shape index (κ1) is 16.9. The molecule has 0 unspecified atom stereocenters. The van der Waals surface area contributed by atoms with E-state index in [1.54, 1.807) is 0 Å². The summed E-state index contributed by atoms with van der Waals surface area (Å²) in [4.78, 5) is 0. The number of aromatic nitrogens is 1. The molecule has 0 aliphatic carbocycles. The van der Waals surface area contributed by atoms with E-state index in [0.29, 0.717) is 5.56 Å². The van der Waals surface area contributed by atoms with Crippen molar-refractivity contribution in [3.05, 3.63) is 65.5 Å². The molecular formula is C20H24N3+. The maximum atomic E-state index is 8.91. The second-order valence-corrected chi connectivity index (χ2v) is 5.64. The van der Waals surface area contributed by atoms with E-state index in [4.69, 9.17) is 11.0 Å². The van der Waals surface area contributed by atoms with Crippen LogP contribution < -0.4 is 10.3 Å². The Bertz CT molecular complexity index is 666. The number of nitriles is 1. The van der Waals surface area contributed by atoms with Gasteiger partial charge in [-0.25, -0.2) is 4.57 Å². The minimum absolute atomic E-state index is 0.688. The fraction of sp³-hybridized carbons (Fsp3) is 0.300. The SMILES string of the molecule is N#Cc1cccc(/C=C/c2cc[n+](CCCCCCN)cc2)c1. The highest BCUT2D eigenvalue weighted by molar-refractivity contribution is 5.69. The van der Waals surface area contributed by atoms with Gasteiger partial charge in [0.2, 0.25) is 0 Å². The van der Waals surface area contributed by atoms with Crippen molar-refractivity contribution in [3.63, 3.8) is 0 Å². The Morgan fingerprint density at radius 2 is 1.70 bits per heavy atom. The predicted octanol–water partition coefficient (Wildman–Crippen LogP) is 3.54. The maximum absolute atomic E-state index is 8.91. The molecule has 1 aromatic carbocycles. The number of unbranched alkanes of at least 4 members (excludes halogenated alkanes) is 3. The van der Waals surface area contributed by atoms with Gasteiger partial charge in [0.25, 0.3) is 0 Å². The summed E-state index contributed by atoms with van der Waals surface area (Å²) in [5.74, 6) is 0.